The van der Waals surface area contributed by atoms with Crippen LogP contribution < -0.4 is 11.1 Å². The topological polar surface area (TPSA) is 93.3 Å². The van der Waals surface area contributed by atoms with Crippen LogP contribution in [0.15, 0.2) is 40.6 Å². The molecule has 6 nitrogen and oxygen atoms in total. The minimum atomic E-state index is -4.50. The van der Waals surface area contributed by atoms with E-state index in [1.165, 1.54) is 6.20 Å². The summed E-state index contributed by atoms with van der Waals surface area (Å²) < 4.78 is 37.9. The normalized spacial score (nSPS) is 12.3. The SMILES string of the molecule is CC(C)CN=C(N)c1cc(C(=O)NCCSc2ncc(C(F)(F)F)cc2Cl)ccn1. The lowest BCUT2D eigenvalue weighted by Crippen LogP contribution is -2.26. The summed E-state index contributed by atoms with van der Waals surface area (Å²) in [6.07, 6.45) is -2.29. The zero-order valence-electron chi connectivity index (χ0n) is 16.3. The minimum Gasteiger partial charge on any atom is -0.382 e. The fraction of sp³-hybridized carbons (Fsp3) is 0.368. The Labute approximate surface area is 181 Å². The number of aliphatic imine (C=N–C) groups is 1. The van der Waals surface area contributed by atoms with Crippen LogP contribution in [0.25, 0.3) is 0 Å². The van der Waals surface area contributed by atoms with Crippen molar-refractivity contribution in [2.45, 2.75) is 25.0 Å². The summed E-state index contributed by atoms with van der Waals surface area (Å²) in [5, 5.41) is 2.90. The Morgan fingerprint density at radius 2 is 2.07 bits per heavy atom. The average molecular weight is 460 g/mol. The second kappa shape index (κ2) is 10.6. The molecule has 0 saturated heterocycles. The molecule has 0 aliphatic rings. The summed E-state index contributed by atoms with van der Waals surface area (Å²) >= 11 is 7.01. The molecule has 2 heterocycles. The van der Waals surface area contributed by atoms with Crippen LogP contribution in [0, 0.1) is 5.92 Å². The van der Waals surface area contributed by atoms with Gasteiger partial charge in [-0.15, -0.1) is 11.8 Å². The van der Waals surface area contributed by atoms with Crippen molar-refractivity contribution >= 4 is 35.1 Å². The van der Waals surface area contributed by atoms with Crippen LogP contribution in [-0.2, 0) is 6.18 Å². The highest BCUT2D eigenvalue weighted by atomic mass is 35.5. The van der Waals surface area contributed by atoms with E-state index >= 15 is 0 Å². The van der Waals surface area contributed by atoms with Gasteiger partial charge in [0.15, 0.2) is 0 Å². The number of amides is 1. The quantitative estimate of drug-likeness (QED) is 0.269. The molecule has 2 aromatic heterocycles. The van der Waals surface area contributed by atoms with Crippen molar-refractivity contribution in [2.75, 3.05) is 18.8 Å². The van der Waals surface area contributed by atoms with Crippen LogP contribution in [0.3, 0.4) is 0 Å². The monoisotopic (exact) mass is 459 g/mol. The van der Waals surface area contributed by atoms with Crippen molar-refractivity contribution in [3.05, 3.63) is 52.4 Å². The number of hydrogen-bond acceptors (Lipinski definition) is 5. The van der Waals surface area contributed by atoms with Gasteiger partial charge in [-0.3, -0.25) is 14.8 Å². The van der Waals surface area contributed by atoms with Gasteiger partial charge in [-0.25, -0.2) is 4.98 Å². The number of pyridine rings is 2. The Hall–Kier alpha value is -2.33. The molecule has 0 atom stereocenters. The van der Waals surface area contributed by atoms with Crippen LogP contribution in [0.1, 0.15) is 35.5 Å². The van der Waals surface area contributed by atoms with Gasteiger partial charge >= 0.3 is 6.18 Å². The molecule has 0 unspecified atom stereocenters. The summed E-state index contributed by atoms with van der Waals surface area (Å²) in [5.41, 5.74) is 5.79. The third-order valence-electron chi connectivity index (χ3n) is 3.67. The number of alkyl halides is 3. The molecule has 2 aromatic rings. The molecule has 0 saturated carbocycles. The van der Waals surface area contributed by atoms with E-state index in [-0.39, 0.29) is 28.3 Å². The van der Waals surface area contributed by atoms with E-state index in [1.54, 1.807) is 12.1 Å². The summed E-state index contributed by atoms with van der Waals surface area (Å²) in [4.78, 5) is 24.4. The van der Waals surface area contributed by atoms with Crippen LogP contribution in [0.4, 0.5) is 13.2 Å². The van der Waals surface area contributed by atoms with Crippen molar-refractivity contribution in [3.63, 3.8) is 0 Å². The maximum Gasteiger partial charge on any atom is 0.417 e. The van der Waals surface area contributed by atoms with E-state index in [4.69, 9.17) is 17.3 Å². The van der Waals surface area contributed by atoms with Crippen molar-refractivity contribution in [1.29, 1.82) is 0 Å². The average Bonchev–Trinajstić information content (AvgIpc) is 2.69. The molecule has 30 heavy (non-hydrogen) atoms. The van der Waals surface area contributed by atoms with Crippen molar-refractivity contribution in [3.8, 4) is 0 Å². The van der Waals surface area contributed by atoms with Crippen molar-refractivity contribution < 1.29 is 18.0 Å². The lowest BCUT2D eigenvalue weighted by atomic mass is 10.2. The highest BCUT2D eigenvalue weighted by Crippen LogP contribution is 2.33. The summed E-state index contributed by atoms with van der Waals surface area (Å²) in [5.74, 6) is 0.652. The largest absolute Gasteiger partial charge is 0.417 e. The van der Waals surface area contributed by atoms with Crippen molar-refractivity contribution in [2.24, 2.45) is 16.6 Å². The molecule has 0 aliphatic heterocycles. The van der Waals surface area contributed by atoms with Gasteiger partial charge in [-0.1, -0.05) is 25.4 Å². The number of carbonyl (C=O) groups is 1. The molecular formula is C19H21ClF3N5OS. The number of nitrogens with zero attached hydrogens (tertiary/aromatic N) is 3. The van der Waals surface area contributed by atoms with Gasteiger partial charge in [-0.05, 0) is 24.1 Å². The first-order chi connectivity index (χ1) is 14.1. The predicted molar refractivity (Wildman–Crippen MR) is 112 cm³/mol. The molecule has 0 fully saturated rings. The number of rotatable bonds is 8. The Morgan fingerprint density at radius 3 is 2.70 bits per heavy atom. The van der Waals surface area contributed by atoms with E-state index in [0.29, 0.717) is 29.5 Å². The minimum absolute atomic E-state index is 0.0870. The second-order valence-electron chi connectivity index (χ2n) is 6.66. The number of carbonyl (C=O) groups excluding carboxylic acids is 1. The van der Waals surface area contributed by atoms with E-state index < -0.39 is 11.7 Å². The maximum absolute atomic E-state index is 12.6. The standard InChI is InChI=1S/C19H21ClF3N5OS/c1-11(2)9-27-16(24)15-7-12(3-4-25-15)17(29)26-5-6-30-18-14(20)8-13(10-28-18)19(21,22)23/h3-4,7-8,10-11H,5-6,9H2,1-2H3,(H2,24,27)(H,26,29). The van der Waals surface area contributed by atoms with E-state index in [0.717, 1.165) is 24.0 Å². The van der Waals surface area contributed by atoms with E-state index in [9.17, 15) is 18.0 Å². The zero-order chi connectivity index (χ0) is 22.3. The third kappa shape index (κ3) is 7.17. The van der Waals surface area contributed by atoms with Crippen LogP contribution in [0.5, 0.6) is 0 Å². The molecule has 162 valence electrons. The molecule has 3 N–H and O–H groups in total. The number of halogens is 4. The van der Waals surface area contributed by atoms with Gasteiger partial charge in [0.1, 0.15) is 16.6 Å². The van der Waals surface area contributed by atoms with Crippen LogP contribution >= 0.6 is 23.4 Å². The Balaban J connectivity index is 1.90. The number of nitrogens with two attached hydrogens (primary N) is 1. The van der Waals surface area contributed by atoms with Crippen LogP contribution in [0.2, 0.25) is 5.02 Å². The highest BCUT2D eigenvalue weighted by Gasteiger charge is 2.31. The molecule has 1 amide bonds. The maximum atomic E-state index is 12.6. The fourth-order valence-electron chi connectivity index (χ4n) is 2.17. The van der Waals surface area contributed by atoms with Crippen LogP contribution in [-0.4, -0.2) is 40.6 Å². The Bertz CT molecular complexity index is 921. The summed E-state index contributed by atoms with van der Waals surface area (Å²) in [6.45, 7) is 4.84. The highest BCUT2D eigenvalue weighted by molar-refractivity contribution is 7.99. The molecule has 2 rings (SSSR count). The van der Waals surface area contributed by atoms with Gasteiger partial charge < -0.3 is 11.1 Å². The van der Waals surface area contributed by atoms with Crippen molar-refractivity contribution in [1.82, 2.24) is 15.3 Å². The number of nitrogens with one attached hydrogen (secondary N) is 1. The van der Waals surface area contributed by atoms with Gasteiger partial charge in [0, 0.05) is 36.8 Å². The molecule has 0 radical (unpaired) electrons. The smallest absolute Gasteiger partial charge is 0.382 e. The predicted octanol–water partition coefficient (Wildman–Crippen LogP) is 4.03. The van der Waals surface area contributed by atoms with Gasteiger partial charge in [0.2, 0.25) is 0 Å². The molecule has 0 aliphatic carbocycles. The number of amidine groups is 1. The lowest BCUT2D eigenvalue weighted by molar-refractivity contribution is -0.137. The molecule has 0 bridgehead atoms. The number of hydrogen-bond donors (Lipinski definition) is 2. The number of thioether (sulfide) groups is 1. The molecule has 0 aromatic carbocycles. The molecular weight excluding hydrogens is 439 g/mol. The first kappa shape index (κ1) is 23.9. The van der Waals surface area contributed by atoms with Gasteiger partial charge in [-0.2, -0.15) is 13.2 Å². The van der Waals surface area contributed by atoms with Gasteiger partial charge in [0.05, 0.1) is 10.6 Å². The molecule has 0 spiro atoms. The Kier molecular flexibility index (Phi) is 8.48. The third-order valence-corrected chi connectivity index (χ3v) is 5.08. The molecule has 11 heteroatoms. The zero-order valence-corrected chi connectivity index (χ0v) is 17.9. The first-order valence-electron chi connectivity index (χ1n) is 8.98. The summed E-state index contributed by atoms with van der Waals surface area (Å²) in [6, 6.07) is 3.94. The van der Waals surface area contributed by atoms with E-state index in [2.05, 4.69) is 20.3 Å². The van der Waals surface area contributed by atoms with E-state index in [1.807, 2.05) is 13.8 Å². The Morgan fingerprint density at radius 1 is 1.33 bits per heavy atom. The second-order valence-corrected chi connectivity index (χ2v) is 8.15. The summed E-state index contributed by atoms with van der Waals surface area (Å²) in [7, 11) is 0. The fourth-order valence-corrected chi connectivity index (χ4v) is 3.23. The number of aromatic nitrogens is 2. The van der Waals surface area contributed by atoms with Gasteiger partial charge in [0.25, 0.3) is 5.91 Å². The lowest BCUT2D eigenvalue weighted by Gasteiger charge is -2.09. The first-order valence-corrected chi connectivity index (χ1v) is 10.3.